The minimum atomic E-state index is -1.19. The number of hydrogen-bond donors (Lipinski definition) is 2. The summed E-state index contributed by atoms with van der Waals surface area (Å²) in [6.07, 6.45) is 7.07. The largest absolute Gasteiger partial charge is 0.504 e. The molecule has 236 valence electrons. The van der Waals surface area contributed by atoms with Crippen molar-refractivity contribution in [1.82, 2.24) is 9.80 Å². The summed E-state index contributed by atoms with van der Waals surface area (Å²) in [4.78, 5) is 44.9. The van der Waals surface area contributed by atoms with E-state index in [2.05, 4.69) is 9.80 Å². The van der Waals surface area contributed by atoms with Gasteiger partial charge in [0.2, 0.25) is 5.78 Å². The molecule has 0 aromatic carbocycles. The quantitative estimate of drug-likeness (QED) is 0.360. The van der Waals surface area contributed by atoms with Gasteiger partial charge in [-0.3, -0.25) is 14.5 Å². The Balaban J connectivity index is 1.42. The highest BCUT2D eigenvalue weighted by atomic mass is 16.6. The smallest absolute Gasteiger partial charge is 0.340 e. The number of aliphatic hydroxyl groups excluding tert-OH is 2. The number of esters is 2. The first-order valence-electron chi connectivity index (χ1n) is 16.0. The van der Waals surface area contributed by atoms with Gasteiger partial charge in [-0.15, -0.1) is 0 Å². The van der Waals surface area contributed by atoms with Crippen LogP contribution >= 0.6 is 0 Å². The van der Waals surface area contributed by atoms with E-state index in [1.165, 1.54) is 46.1 Å². The van der Waals surface area contributed by atoms with E-state index >= 15 is 0 Å². The molecule has 0 amide bonds. The number of rotatable bonds is 5. The Morgan fingerprint density at radius 2 is 1.77 bits per heavy atom. The number of ketones is 1. The van der Waals surface area contributed by atoms with Gasteiger partial charge >= 0.3 is 11.9 Å². The van der Waals surface area contributed by atoms with Gasteiger partial charge in [0.1, 0.15) is 12.2 Å². The van der Waals surface area contributed by atoms with Crippen molar-refractivity contribution in [3.8, 4) is 0 Å². The number of hydrogen-bond acceptors (Lipinski definition) is 10. The van der Waals surface area contributed by atoms with Crippen molar-refractivity contribution < 1.29 is 38.8 Å². The lowest BCUT2D eigenvalue weighted by atomic mass is 9.53. The number of ether oxygens (including phenoxy) is 3. The summed E-state index contributed by atoms with van der Waals surface area (Å²) >= 11 is 0. The van der Waals surface area contributed by atoms with Crippen LogP contribution in [0.15, 0.2) is 34.3 Å². The molecule has 10 nitrogen and oxygen atoms in total. The van der Waals surface area contributed by atoms with Crippen molar-refractivity contribution in [1.29, 1.82) is 0 Å². The molecular formula is C33H46N2O8. The molecule has 2 saturated carbocycles. The standard InChI is InChI=1S/C33H46N2O8/c1-19(36)42-23-16-32(2)22(10-11-24(32)37)26-28(23)33(3)25(18-41-4)43-31(40)21(27(33)30(39)29(26)38)17-34-12-14-35(15-13-34)20-8-6-5-7-9-20/h17,20,22-25,37,39H,5-16,18H2,1-4H3/b21-17+/t22?,23-,24+,25-,32+,33+/m1/s1. The molecule has 6 aliphatic rings. The zero-order valence-corrected chi connectivity index (χ0v) is 25.9. The number of allylic oxidation sites excluding steroid dienone is 1. The predicted octanol–water partition coefficient (Wildman–Crippen LogP) is 3.20. The zero-order chi connectivity index (χ0) is 30.7. The van der Waals surface area contributed by atoms with Gasteiger partial charge in [0.05, 0.1) is 23.7 Å². The maximum absolute atomic E-state index is 14.2. The van der Waals surface area contributed by atoms with E-state index in [-0.39, 0.29) is 23.7 Å². The molecule has 0 aromatic rings. The molecule has 6 atom stereocenters. The van der Waals surface area contributed by atoms with Crippen molar-refractivity contribution in [3.05, 3.63) is 34.3 Å². The summed E-state index contributed by atoms with van der Waals surface area (Å²) in [5, 5.41) is 22.8. The van der Waals surface area contributed by atoms with Crippen LogP contribution in [-0.2, 0) is 28.6 Å². The van der Waals surface area contributed by atoms with E-state index in [4.69, 9.17) is 14.2 Å². The summed E-state index contributed by atoms with van der Waals surface area (Å²) in [6, 6.07) is 0.610. The number of nitrogens with zero attached hydrogens (tertiary/aromatic N) is 2. The number of carbonyl (C=O) groups is 3. The van der Waals surface area contributed by atoms with E-state index in [0.29, 0.717) is 36.5 Å². The molecule has 4 fully saturated rings. The SMILES string of the molecule is COC[C@H]1OC(=O)/C(=C/N2CCN(C3CCCCC3)CC2)C2=C(O)C(=O)C3=C([C@H](OC(C)=O)C[C@@]4(C)C3CC[C@@H]4O)[C@]21C. The summed E-state index contributed by atoms with van der Waals surface area (Å²) < 4.78 is 17.5. The minimum absolute atomic E-state index is 0.0225. The molecule has 6 rings (SSSR count). The molecule has 0 aromatic heterocycles. The van der Waals surface area contributed by atoms with Gasteiger partial charge in [-0.1, -0.05) is 26.2 Å². The number of carbonyl (C=O) groups excluding carboxylic acids is 3. The van der Waals surface area contributed by atoms with Crippen LogP contribution in [0.5, 0.6) is 0 Å². The van der Waals surface area contributed by atoms with Crippen LogP contribution in [0, 0.1) is 16.7 Å². The number of piperazine rings is 1. The second-order valence-corrected chi connectivity index (χ2v) is 13.8. The molecule has 2 heterocycles. The van der Waals surface area contributed by atoms with Crippen molar-refractivity contribution in [2.45, 2.75) is 96.5 Å². The molecule has 4 aliphatic carbocycles. The summed E-state index contributed by atoms with van der Waals surface area (Å²) in [5.41, 5.74) is -0.605. The van der Waals surface area contributed by atoms with Crippen LogP contribution in [0.1, 0.15) is 72.1 Å². The highest BCUT2D eigenvalue weighted by Crippen LogP contribution is 2.63. The second kappa shape index (κ2) is 11.3. The molecule has 1 unspecified atom stereocenters. The van der Waals surface area contributed by atoms with Gasteiger partial charge in [0.15, 0.2) is 5.76 Å². The lowest BCUT2D eigenvalue weighted by molar-refractivity contribution is -0.161. The molecule has 0 bridgehead atoms. The Morgan fingerprint density at radius 1 is 1.07 bits per heavy atom. The van der Waals surface area contributed by atoms with Crippen LogP contribution < -0.4 is 0 Å². The lowest BCUT2D eigenvalue weighted by Crippen LogP contribution is -2.57. The van der Waals surface area contributed by atoms with E-state index in [9.17, 15) is 24.6 Å². The first-order valence-corrected chi connectivity index (χ1v) is 16.0. The normalized spacial score (nSPS) is 38.2. The summed E-state index contributed by atoms with van der Waals surface area (Å²) in [6.45, 7) is 8.32. The molecule has 0 spiro atoms. The van der Waals surface area contributed by atoms with Gasteiger partial charge < -0.3 is 29.3 Å². The average molecular weight is 599 g/mol. The molecule has 0 radical (unpaired) electrons. The summed E-state index contributed by atoms with van der Waals surface area (Å²) in [7, 11) is 1.51. The second-order valence-electron chi connectivity index (χ2n) is 13.8. The number of aliphatic hydroxyl groups is 2. The summed E-state index contributed by atoms with van der Waals surface area (Å²) in [5.74, 6) is -2.50. The van der Waals surface area contributed by atoms with Gasteiger partial charge in [0.25, 0.3) is 0 Å². The third kappa shape index (κ3) is 4.84. The first kappa shape index (κ1) is 30.3. The molecule has 2 aliphatic heterocycles. The molecule has 2 saturated heterocycles. The molecule has 43 heavy (non-hydrogen) atoms. The first-order chi connectivity index (χ1) is 20.5. The van der Waals surface area contributed by atoms with Crippen LogP contribution in [-0.4, -0.2) is 102 Å². The fourth-order valence-corrected chi connectivity index (χ4v) is 9.13. The van der Waals surface area contributed by atoms with Crippen molar-refractivity contribution in [3.63, 3.8) is 0 Å². The Hall–Kier alpha value is -2.69. The van der Waals surface area contributed by atoms with E-state index < -0.39 is 52.6 Å². The minimum Gasteiger partial charge on any atom is -0.504 e. The van der Waals surface area contributed by atoms with Gasteiger partial charge in [-0.2, -0.15) is 0 Å². The topological polar surface area (TPSA) is 126 Å². The number of Topliss-reactive ketones (excluding diaryl/α,β-unsaturated/α-hetero) is 1. The third-order valence-electron chi connectivity index (χ3n) is 11.4. The molecular weight excluding hydrogens is 552 g/mol. The van der Waals surface area contributed by atoms with Gasteiger partial charge in [-0.25, -0.2) is 4.79 Å². The van der Waals surface area contributed by atoms with Gasteiger partial charge in [0, 0.05) is 69.0 Å². The van der Waals surface area contributed by atoms with Crippen molar-refractivity contribution >= 4 is 17.7 Å². The highest BCUT2D eigenvalue weighted by molar-refractivity contribution is 6.13. The number of cyclic esters (lactones) is 1. The van der Waals surface area contributed by atoms with Crippen LogP contribution in [0.25, 0.3) is 0 Å². The maximum Gasteiger partial charge on any atom is 0.340 e. The Bertz CT molecular complexity index is 1270. The highest BCUT2D eigenvalue weighted by Gasteiger charge is 2.64. The fraction of sp³-hybridized carbons (Fsp3) is 0.727. The van der Waals surface area contributed by atoms with E-state index in [1.54, 1.807) is 6.20 Å². The molecule has 2 N–H and O–H groups in total. The Morgan fingerprint density at radius 3 is 2.42 bits per heavy atom. The van der Waals surface area contributed by atoms with Crippen LogP contribution in [0.3, 0.4) is 0 Å². The van der Waals surface area contributed by atoms with E-state index in [1.807, 2.05) is 13.8 Å². The average Bonchev–Trinajstić information content (AvgIpc) is 3.27. The third-order valence-corrected chi connectivity index (χ3v) is 11.4. The van der Waals surface area contributed by atoms with Crippen LogP contribution in [0.4, 0.5) is 0 Å². The molecule has 10 heteroatoms. The van der Waals surface area contributed by atoms with Crippen LogP contribution in [0.2, 0.25) is 0 Å². The predicted molar refractivity (Wildman–Crippen MR) is 157 cm³/mol. The van der Waals surface area contributed by atoms with Gasteiger partial charge in [-0.05, 0) is 50.5 Å². The van der Waals surface area contributed by atoms with Crippen molar-refractivity contribution in [2.24, 2.45) is 16.7 Å². The Labute approximate surface area is 253 Å². The monoisotopic (exact) mass is 598 g/mol. The van der Waals surface area contributed by atoms with E-state index in [0.717, 1.165) is 26.2 Å². The van der Waals surface area contributed by atoms with Crippen molar-refractivity contribution in [2.75, 3.05) is 39.9 Å². The Kier molecular flexibility index (Phi) is 8.01. The number of fused-ring (bicyclic) bond motifs is 4. The zero-order valence-electron chi connectivity index (χ0n) is 25.9. The maximum atomic E-state index is 14.2. The fourth-order valence-electron chi connectivity index (χ4n) is 9.13. The lowest BCUT2D eigenvalue weighted by Gasteiger charge is -2.54. The number of methoxy groups -OCH3 is 1.